The summed E-state index contributed by atoms with van der Waals surface area (Å²) in [5.41, 5.74) is 0. The fourth-order valence-corrected chi connectivity index (χ4v) is 6.96. The molecule has 2 heteroatoms. The van der Waals surface area contributed by atoms with E-state index in [1.54, 1.807) is 0 Å². The van der Waals surface area contributed by atoms with Crippen molar-refractivity contribution in [3.63, 3.8) is 0 Å². The predicted octanol–water partition coefficient (Wildman–Crippen LogP) is 11.4. The predicted molar refractivity (Wildman–Crippen MR) is 190 cm³/mol. The van der Waals surface area contributed by atoms with Crippen LogP contribution in [0.5, 0.6) is 0 Å². The van der Waals surface area contributed by atoms with Gasteiger partial charge in [0.2, 0.25) is 0 Å². The molecule has 0 radical (unpaired) electrons. The minimum absolute atomic E-state index is 0. The van der Waals surface area contributed by atoms with Gasteiger partial charge in [-0.15, -0.1) is 0 Å². The zero-order valence-corrected chi connectivity index (χ0v) is 30.3. The van der Waals surface area contributed by atoms with Gasteiger partial charge in [-0.2, -0.15) is 0 Å². The van der Waals surface area contributed by atoms with Crippen molar-refractivity contribution in [3.05, 3.63) is 0 Å². The van der Waals surface area contributed by atoms with Gasteiger partial charge in [-0.3, -0.25) is 0 Å². The van der Waals surface area contributed by atoms with Crippen LogP contribution in [0.3, 0.4) is 0 Å². The topological polar surface area (TPSA) is 0 Å². The number of halogens is 1. The Hall–Kier alpha value is -0.110. The first-order valence-corrected chi connectivity index (χ1v) is 20.1. The van der Waals surface area contributed by atoms with Crippen molar-refractivity contribution in [2.24, 2.45) is 0 Å². The van der Waals surface area contributed by atoms with E-state index in [4.69, 9.17) is 0 Å². The third-order valence-corrected chi connectivity index (χ3v) is 10.3. The molecule has 0 spiro atoms. The van der Waals surface area contributed by atoms with E-state index in [0.717, 1.165) is 0 Å². The van der Waals surface area contributed by atoms with E-state index in [1.165, 1.54) is 236 Å². The van der Waals surface area contributed by atoms with Crippen LogP contribution >= 0.6 is 0 Å². The standard InChI is InChI=1S/C40H84N.FH/c1-5-9-11-13-15-17-19-21-23-25-27-29-31-33-35-37-39-41(7-3,8-4)40-38-36-34-32-30-28-26-24-22-20-18-16-14-12-10-6-2;/h5-40H2,1-4H3;1H/q+1;/p-1. The van der Waals surface area contributed by atoms with Gasteiger partial charge >= 0.3 is 0 Å². The van der Waals surface area contributed by atoms with Gasteiger partial charge in [0.25, 0.3) is 0 Å². The van der Waals surface area contributed by atoms with Crippen LogP contribution in [-0.2, 0) is 0 Å². The van der Waals surface area contributed by atoms with Crippen molar-refractivity contribution in [2.75, 3.05) is 26.2 Å². The molecule has 0 aliphatic heterocycles. The summed E-state index contributed by atoms with van der Waals surface area (Å²) in [5, 5.41) is 0. The van der Waals surface area contributed by atoms with Crippen molar-refractivity contribution in [1.29, 1.82) is 0 Å². The molecule has 0 aliphatic rings. The summed E-state index contributed by atoms with van der Waals surface area (Å²) in [7, 11) is 0. The highest BCUT2D eigenvalue weighted by molar-refractivity contribution is 4.53. The Labute approximate surface area is 268 Å². The van der Waals surface area contributed by atoms with E-state index in [2.05, 4.69) is 27.7 Å². The van der Waals surface area contributed by atoms with Crippen LogP contribution in [0.1, 0.15) is 233 Å². The third-order valence-electron chi connectivity index (χ3n) is 10.3. The van der Waals surface area contributed by atoms with Crippen LogP contribution in [0.25, 0.3) is 0 Å². The average molecular weight is 598 g/mol. The van der Waals surface area contributed by atoms with E-state index in [-0.39, 0.29) is 4.70 Å². The van der Waals surface area contributed by atoms with Gasteiger partial charge in [0.15, 0.2) is 0 Å². The summed E-state index contributed by atoms with van der Waals surface area (Å²) >= 11 is 0. The Kier molecular flexibility index (Phi) is 38.9. The normalized spacial score (nSPS) is 11.7. The lowest BCUT2D eigenvalue weighted by Gasteiger charge is -2.37. The average Bonchev–Trinajstić information content (AvgIpc) is 2.99. The van der Waals surface area contributed by atoms with E-state index < -0.39 is 0 Å². The van der Waals surface area contributed by atoms with E-state index in [0.29, 0.717) is 0 Å². The zero-order chi connectivity index (χ0) is 30.0. The molecule has 1 nitrogen and oxygen atoms in total. The second-order valence-corrected chi connectivity index (χ2v) is 14.0. The smallest absolute Gasteiger partial charge is 0.0786 e. The van der Waals surface area contributed by atoms with Crippen LogP contribution in [0.4, 0.5) is 0 Å². The maximum atomic E-state index is 2.45. The molecule has 0 unspecified atom stereocenters. The maximum absolute atomic E-state index is 2.45. The third kappa shape index (κ3) is 31.3. The van der Waals surface area contributed by atoms with E-state index in [9.17, 15) is 0 Å². The quantitative estimate of drug-likeness (QED) is 0.0498. The molecule has 0 N–H and O–H groups in total. The molecule has 0 aromatic rings. The molecule has 0 atom stereocenters. The van der Waals surface area contributed by atoms with Gasteiger partial charge in [-0.05, 0) is 39.5 Å². The molecule has 0 amide bonds. The maximum Gasteiger partial charge on any atom is 0.0786 e. The molecule has 0 rings (SSSR count). The Morgan fingerprint density at radius 2 is 0.405 bits per heavy atom. The molecule has 0 heterocycles. The summed E-state index contributed by atoms with van der Waals surface area (Å²) < 4.78 is 1.39. The molecule has 0 saturated heterocycles. The summed E-state index contributed by atoms with van der Waals surface area (Å²) in [5.74, 6) is 0. The summed E-state index contributed by atoms with van der Waals surface area (Å²) in [6, 6.07) is 0. The first-order valence-electron chi connectivity index (χ1n) is 20.1. The lowest BCUT2D eigenvalue weighted by atomic mass is 10.0. The molecule has 0 aromatic heterocycles. The molecular formula is C40H84FN. The Balaban J connectivity index is 0. The second kappa shape index (κ2) is 37.1. The highest BCUT2D eigenvalue weighted by Crippen LogP contribution is 2.18. The minimum atomic E-state index is 0. The fraction of sp³-hybridized carbons (Fsp3) is 1.00. The first-order chi connectivity index (χ1) is 20.2. The highest BCUT2D eigenvalue weighted by atomic mass is 19.0. The number of hydrogen-bond donors (Lipinski definition) is 0. The van der Waals surface area contributed by atoms with Crippen molar-refractivity contribution in [1.82, 2.24) is 0 Å². The molecule has 256 valence electrons. The Bertz CT molecular complexity index is 423. The van der Waals surface area contributed by atoms with Crippen LogP contribution < -0.4 is 4.70 Å². The van der Waals surface area contributed by atoms with Crippen molar-refractivity contribution < 1.29 is 9.19 Å². The minimum Gasteiger partial charge on any atom is -1.00 e. The van der Waals surface area contributed by atoms with Crippen LogP contribution in [0, 0.1) is 0 Å². The number of rotatable bonds is 36. The number of unbranched alkanes of at least 4 members (excludes halogenated alkanes) is 30. The van der Waals surface area contributed by atoms with Crippen LogP contribution in [0.2, 0.25) is 0 Å². The summed E-state index contributed by atoms with van der Waals surface area (Å²) in [6.45, 7) is 15.1. The van der Waals surface area contributed by atoms with Crippen LogP contribution in [0.15, 0.2) is 0 Å². The number of quaternary nitrogens is 1. The van der Waals surface area contributed by atoms with E-state index in [1.807, 2.05) is 0 Å². The number of nitrogens with zero attached hydrogens (tertiary/aromatic N) is 1. The van der Waals surface area contributed by atoms with Crippen LogP contribution in [-0.4, -0.2) is 30.7 Å². The van der Waals surface area contributed by atoms with Gasteiger partial charge in [0.1, 0.15) is 0 Å². The Morgan fingerprint density at radius 1 is 0.238 bits per heavy atom. The van der Waals surface area contributed by atoms with E-state index >= 15 is 0 Å². The molecule has 0 saturated carbocycles. The number of hydrogen-bond acceptors (Lipinski definition) is 0. The summed E-state index contributed by atoms with van der Waals surface area (Å²) in [4.78, 5) is 0. The second-order valence-electron chi connectivity index (χ2n) is 14.0. The van der Waals surface area contributed by atoms with Crippen molar-refractivity contribution >= 4 is 0 Å². The fourth-order valence-electron chi connectivity index (χ4n) is 6.96. The largest absolute Gasteiger partial charge is 1.00 e. The summed E-state index contributed by atoms with van der Waals surface area (Å²) in [6.07, 6.45) is 47.0. The van der Waals surface area contributed by atoms with Gasteiger partial charge in [0.05, 0.1) is 26.2 Å². The van der Waals surface area contributed by atoms with Crippen molar-refractivity contribution in [3.8, 4) is 0 Å². The van der Waals surface area contributed by atoms with Crippen molar-refractivity contribution in [2.45, 2.75) is 233 Å². The first kappa shape index (κ1) is 44.0. The molecule has 0 fully saturated rings. The van der Waals surface area contributed by atoms with Gasteiger partial charge in [0, 0.05) is 0 Å². The molecule has 42 heavy (non-hydrogen) atoms. The lowest BCUT2D eigenvalue weighted by Crippen LogP contribution is -3.00. The van der Waals surface area contributed by atoms with Gasteiger partial charge < -0.3 is 9.19 Å². The Morgan fingerprint density at radius 3 is 0.571 bits per heavy atom. The highest BCUT2D eigenvalue weighted by Gasteiger charge is 2.21. The molecule has 0 aliphatic carbocycles. The zero-order valence-electron chi connectivity index (χ0n) is 30.3. The van der Waals surface area contributed by atoms with Gasteiger partial charge in [-0.1, -0.05) is 194 Å². The SMILES string of the molecule is CCCCCCCCCCCCCCCCCC[N+](CC)(CC)CCCCCCCCCCCCCCCCCC.[F-]. The molecule has 0 aromatic carbocycles. The lowest BCUT2D eigenvalue weighted by molar-refractivity contribution is -0.925. The van der Waals surface area contributed by atoms with Gasteiger partial charge in [-0.25, -0.2) is 0 Å². The molecular weight excluding hydrogens is 513 g/mol. The molecule has 0 bridgehead atoms. The monoisotopic (exact) mass is 598 g/mol.